The van der Waals surface area contributed by atoms with Crippen LogP contribution < -0.4 is 10.6 Å². The zero-order valence-electron chi connectivity index (χ0n) is 16.1. The van der Waals surface area contributed by atoms with Gasteiger partial charge in [0.1, 0.15) is 0 Å². The molecule has 132 valence electrons. The highest BCUT2D eigenvalue weighted by Crippen LogP contribution is 2.65. The van der Waals surface area contributed by atoms with Crippen molar-refractivity contribution in [2.75, 3.05) is 0 Å². The number of hydrogen-bond acceptors (Lipinski definition) is 0. The molecule has 3 aromatic carbocycles. The van der Waals surface area contributed by atoms with Gasteiger partial charge in [0.2, 0.25) is 0 Å². The molecule has 26 heavy (non-hydrogen) atoms. The van der Waals surface area contributed by atoms with Gasteiger partial charge in [-0.05, 0) is 80.1 Å². The molecule has 1 aliphatic heterocycles. The van der Waals surface area contributed by atoms with Crippen LogP contribution in [0.3, 0.4) is 0 Å². The first-order chi connectivity index (χ1) is 12.6. The molecular weight excluding hydrogens is 331 g/mol. The molecule has 0 aromatic heterocycles. The van der Waals surface area contributed by atoms with E-state index >= 15 is 0 Å². The second kappa shape index (κ2) is 7.01. The molecule has 0 fully saturated rings. The van der Waals surface area contributed by atoms with E-state index in [4.69, 9.17) is 0 Å². The van der Waals surface area contributed by atoms with Crippen molar-refractivity contribution in [1.29, 1.82) is 0 Å². The largest absolute Gasteiger partial charge is 0.0998 e. The van der Waals surface area contributed by atoms with E-state index in [0.717, 1.165) is 0 Å². The fraction of sp³-hybridized carbons (Fsp3) is 0.280. The van der Waals surface area contributed by atoms with Crippen LogP contribution in [0.15, 0.2) is 72.8 Å². The summed E-state index contributed by atoms with van der Waals surface area (Å²) in [6.07, 6.45) is 3.68. The first kappa shape index (κ1) is 17.5. The maximum Gasteiger partial charge on any atom is 0.0998 e. The Balaban J connectivity index is 1.99. The van der Waals surface area contributed by atoms with Crippen LogP contribution in [-0.4, -0.2) is 5.66 Å². The molecule has 0 bridgehead atoms. The Kier molecular flexibility index (Phi) is 4.72. The fourth-order valence-electron chi connectivity index (χ4n) is 4.60. The number of benzene rings is 3. The van der Waals surface area contributed by atoms with Gasteiger partial charge < -0.3 is 0 Å². The molecule has 0 saturated heterocycles. The van der Waals surface area contributed by atoms with Gasteiger partial charge >= 0.3 is 0 Å². The van der Waals surface area contributed by atoms with Crippen LogP contribution >= 0.6 is 7.26 Å². The van der Waals surface area contributed by atoms with Crippen LogP contribution in [0.4, 0.5) is 0 Å². The maximum atomic E-state index is 2.50. The Labute approximate surface area is 158 Å². The van der Waals surface area contributed by atoms with Gasteiger partial charge in [-0.25, -0.2) is 0 Å². The molecule has 0 N–H and O–H groups in total. The molecule has 3 aromatic rings. The molecule has 0 radical (unpaired) electrons. The number of fused-ring (bicyclic) bond motifs is 1. The van der Waals surface area contributed by atoms with E-state index < -0.39 is 7.26 Å². The highest BCUT2D eigenvalue weighted by atomic mass is 31.2. The lowest BCUT2D eigenvalue weighted by Crippen LogP contribution is -2.31. The molecule has 0 nitrogen and oxygen atoms in total. The average Bonchev–Trinajstić information content (AvgIpc) is 2.84. The Morgan fingerprint density at radius 2 is 1.35 bits per heavy atom. The highest BCUT2D eigenvalue weighted by Gasteiger charge is 2.49. The zero-order valence-corrected chi connectivity index (χ0v) is 17.0. The van der Waals surface area contributed by atoms with Gasteiger partial charge in [0, 0.05) is 0 Å². The molecule has 0 saturated carbocycles. The van der Waals surface area contributed by atoms with E-state index in [9.17, 15) is 0 Å². The lowest BCUT2D eigenvalue weighted by Gasteiger charge is -2.32. The van der Waals surface area contributed by atoms with E-state index in [2.05, 4.69) is 93.6 Å². The van der Waals surface area contributed by atoms with E-state index in [0.29, 0.717) is 5.66 Å². The Bertz CT molecular complexity index is 857. The summed E-state index contributed by atoms with van der Waals surface area (Å²) >= 11 is 0. The third-order valence-corrected chi connectivity index (χ3v) is 11.4. The van der Waals surface area contributed by atoms with Gasteiger partial charge in [-0.3, -0.25) is 0 Å². The van der Waals surface area contributed by atoms with Crippen LogP contribution in [0.5, 0.6) is 0 Å². The standard InChI is InChI=1S/C25H28P/c1-19-14-16-22-17-15-20(2)26(18-25(22)21(19)3,23-10-6-4-7-11-23)24-12-8-5-9-13-24/h4-14,16,20H,15,17-18H2,1-3H3/q+1. The van der Waals surface area contributed by atoms with Gasteiger partial charge in [-0.2, -0.15) is 0 Å². The highest BCUT2D eigenvalue weighted by molar-refractivity contribution is 7.89. The first-order valence-electron chi connectivity index (χ1n) is 9.70. The summed E-state index contributed by atoms with van der Waals surface area (Å²) in [6, 6.07) is 27.4. The van der Waals surface area contributed by atoms with Crippen molar-refractivity contribution >= 4 is 17.9 Å². The van der Waals surface area contributed by atoms with Crippen molar-refractivity contribution < 1.29 is 0 Å². The molecule has 4 rings (SSSR count). The predicted octanol–water partition coefficient (Wildman–Crippen LogP) is 5.81. The van der Waals surface area contributed by atoms with Crippen LogP contribution in [0, 0.1) is 13.8 Å². The van der Waals surface area contributed by atoms with Crippen LogP contribution in [0.2, 0.25) is 0 Å². The average molecular weight is 359 g/mol. The van der Waals surface area contributed by atoms with Crippen molar-refractivity contribution in [3.63, 3.8) is 0 Å². The predicted molar refractivity (Wildman–Crippen MR) is 116 cm³/mol. The minimum Gasteiger partial charge on any atom is -0.0620 e. The number of rotatable bonds is 2. The second-order valence-electron chi connectivity index (χ2n) is 7.73. The molecular formula is C25H28P+. The van der Waals surface area contributed by atoms with Crippen molar-refractivity contribution in [2.45, 2.75) is 45.4 Å². The normalized spacial score (nSPS) is 18.8. The number of aryl methyl sites for hydroxylation is 2. The third kappa shape index (κ3) is 2.81. The Morgan fingerprint density at radius 3 is 1.92 bits per heavy atom. The molecule has 1 heterocycles. The van der Waals surface area contributed by atoms with E-state index in [1.165, 1.54) is 30.1 Å². The third-order valence-electron chi connectivity index (χ3n) is 6.39. The van der Waals surface area contributed by atoms with Gasteiger partial charge in [0.05, 0.1) is 29.7 Å². The summed E-state index contributed by atoms with van der Waals surface area (Å²) in [5, 5.41) is 3.12. The number of hydrogen-bond donors (Lipinski definition) is 0. The van der Waals surface area contributed by atoms with Gasteiger partial charge in [0.25, 0.3) is 0 Å². The molecule has 0 amide bonds. The lowest BCUT2D eigenvalue weighted by molar-refractivity contribution is 0.806. The van der Waals surface area contributed by atoms with Crippen LogP contribution in [0.1, 0.15) is 35.6 Å². The van der Waals surface area contributed by atoms with E-state index in [-0.39, 0.29) is 0 Å². The zero-order chi connectivity index (χ0) is 18.1. The fourth-order valence-corrected chi connectivity index (χ4v) is 9.51. The monoisotopic (exact) mass is 359 g/mol. The SMILES string of the molecule is Cc1ccc2c(c1C)C[P+](c1ccccc1)(c1ccccc1)C(C)CC2. The van der Waals surface area contributed by atoms with Crippen molar-refractivity contribution in [3.05, 3.63) is 95.1 Å². The summed E-state index contributed by atoms with van der Waals surface area (Å²) in [5.74, 6) is 0. The van der Waals surface area contributed by atoms with E-state index in [1.807, 2.05) is 0 Å². The molecule has 1 heteroatoms. The lowest BCUT2D eigenvalue weighted by atomic mass is 9.96. The quantitative estimate of drug-likeness (QED) is 0.507. The molecule has 1 atom stereocenters. The topological polar surface area (TPSA) is 0 Å². The summed E-state index contributed by atoms with van der Waals surface area (Å²) in [7, 11) is -1.51. The van der Waals surface area contributed by atoms with Gasteiger partial charge in [0.15, 0.2) is 0 Å². The van der Waals surface area contributed by atoms with Gasteiger partial charge in [-0.15, -0.1) is 0 Å². The first-order valence-corrected chi connectivity index (χ1v) is 11.7. The molecule has 1 aliphatic rings. The van der Waals surface area contributed by atoms with Crippen molar-refractivity contribution in [2.24, 2.45) is 0 Å². The smallest absolute Gasteiger partial charge is 0.0620 e. The summed E-state index contributed by atoms with van der Waals surface area (Å²) in [6.45, 7) is 7.09. The van der Waals surface area contributed by atoms with Crippen molar-refractivity contribution in [1.82, 2.24) is 0 Å². The van der Waals surface area contributed by atoms with Crippen LogP contribution in [-0.2, 0) is 12.6 Å². The minimum absolute atomic E-state index is 0.694. The summed E-state index contributed by atoms with van der Waals surface area (Å²) < 4.78 is 0. The minimum atomic E-state index is -1.51. The summed E-state index contributed by atoms with van der Waals surface area (Å²) in [4.78, 5) is 0. The van der Waals surface area contributed by atoms with Crippen molar-refractivity contribution in [3.8, 4) is 0 Å². The molecule has 0 aliphatic carbocycles. The molecule has 1 unspecified atom stereocenters. The Hall–Kier alpha value is -1.91. The maximum absolute atomic E-state index is 2.50. The second-order valence-corrected chi connectivity index (χ2v) is 11.7. The summed E-state index contributed by atoms with van der Waals surface area (Å²) in [5.41, 5.74) is 6.83. The van der Waals surface area contributed by atoms with Crippen LogP contribution in [0.25, 0.3) is 0 Å². The van der Waals surface area contributed by atoms with E-state index in [1.54, 1.807) is 21.7 Å². The molecule has 0 spiro atoms. The van der Waals surface area contributed by atoms with Gasteiger partial charge in [-0.1, -0.05) is 48.5 Å². The Morgan fingerprint density at radius 1 is 0.769 bits per heavy atom.